The SMILES string of the molecule is C=Cc1cc(Br)cc(O)c1C(C)(C)CCC. The fourth-order valence-electron chi connectivity index (χ4n) is 2.26. The summed E-state index contributed by atoms with van der Waals surface area (Å²) in [5, 5.41) is 10.1. The third-order valence-electron chi connectivity index (χ3n) is 2.88. The van der Waals surface area contributed by atoms with Gasteiger partial charge in [-0.25, -0.2) is 0 Å². The van der Waals surface area contributed by atoms with Crippen LogP contribution in [0.4, 0.5) is 0 Å². The fraction of sp³-hybridized carbons (Fsp3) is 0.429. The normalized spacial score (nSPS) is 11.5. The molecule has 1 aromatic carbocycles. The van der Waals surface area contributed by atoms with Gasteiger partial charge in [-0.1, -0.05) is 55.8 Å². The van der Waals surface area contributed by atoms with Crippen LogP contribution in [-0.4, -0.2) is 5.11 Å². The van der Waals surface area contributed by atoms with Gasteiger partial charge in [-0.2, -0.15) is 0 Å². The maximum Gasteiger partial charge on any atom is 0.121 e. The summed E-state index contributed by atoms with van der Waals surface area (Å²) >= 11 is 3.39. The van der Waals surface area contributed by atoms with Gasteiger partial charge in [-0.05, 0) is 29.5 Å². The van der Waals surface area contributed by atoms with E-state index in [2.05, 4.69) is 43.3 Å². The largest absolute Gasteiger partial charge is 0.508 e. The number of phenolic OH excluding ortho intramolecular Hbond substituents is 1. The smallest absolute Gasteiger partial charge is 0.121 e. The molecular formula is C14H19BrO. The van der Waals surface area contributed by atoms with E-state index in [1.54, 1.807) is 12.1 Å². The van der Waals surface area contributed by atoms with Crippen LogP contribution in [0.25, 0.3) is 6.08 Å². The summed E-state index contributed by atoms with van der Waals surface area (Å²) < 4.78 is 0.885. The summed E-state index contributed by atoms with van der Waals surface area (Å²) in [5.74, 6) is 0.350. The Morgan fingerprint density at radius 2 is 2.06 bits per heavy atom. The summed E-state index contributed by atoms with van der Waals surface area (Å²) in [6.07, 6.45) is 3.94. The average molecular weight is 283 g/mol. The van der Waals surface area contributed by atoms with Crippen molar-refractivity contribution in [2.24, 2.45) is 0 Å². The highest BCUT2D eigenvalue weighted by atomic mass is 79.9. The first-order chi connectivity index (χ1) is 7.42. The van der Waals surface area contributed by atoms with Crippen LogP contribution in [0.1, 0.15) is 44.7 Å². The maximum atomic E-state index is 10.1. The number of aromatic hydroxyl groups is 1. The minimum absolute atomic E-state index is 0.0247. The van der Waals surface area contributed by atoms with E-state index < -0.39 is 0 Å². The zero-order chi connectivity index (χ0) is 12.3. The second-order valence-electron chi connectivity index (χ2n) is 4.73. The van der Waals surface area contributed by atoms with Gasteiger partial charge in [0.05, 0.1) is 0 Å². The Hall–Kier alpha value is -0.760. The first kappa shape index (κ1) is 13.3. The highest BCUT2D eigenvalue weighted by Crippen LogP contribution is 2.39. The Labute approximate surface area is 106 Å². The Bertz CT molecular complexity index is 394. The second-order valence-corrected chi connectivity index (χ2v) is 5.64. The number of phenols is 1. The molecule has 0 saturated carbocycles. The van der Waals surface area contributed by atoms with E-state index >= 15 is 0 Å². The van der Waals surface area contributed by atoms with Gasteiger partial charge in [0, 0.05) is 10.0 Å². The standard InChI is InChI=1S/C14H19BrO/c1-5-7-14(3,4)13-10(6-2)8-11(15)9-12(13)16/h6,8-9,16H,2,5,7H2,1,3-4H3. The van der Waals surface area contributed by atoms with Crippen LogP contribution >= 0.6 is 15.9 Å². The predicted molar refractivity (Wildman–Crippen MR) is 73.8 cm³/mol. The van der Waals surface area contributed by atoms with Gasteiger partial charge in [0.25, 0.3) is 0 Å². The lowest BCUT2D eigenvalue weighted by atomic mass is 9.78. The molecule has 0 radical (unpaired) electrons. The van der Waals surface area contributed by atoms with Gasteiger partial charge in [-0.15, -0.1) is 0 Å². The molecule has 0 spiro atoms. The third-order valence-corrected chi connectivity index (χ3v) is 3.34. The molecule has 0 aliphatic heterocycles. The molecule has 0 heterocycles. The number of hydrogen-bond donors (Lipinski definition) is 1. The van der Waals surface area contributed by atoms with Gasteiger partial charge in [0.1, 0.15) is 5.75 Å². The van der Waals surface area contributed by atoms with Crippen LogP contribution in [0, 0.1) is 0 Å². The van der Waals surface area contributed by atoms with E-state index in [0.29, 0.717) is 5.75 Å². The number of halogens is 1. The molecule has 0 unspecified atom stereocenters. The van der Waals surface area contributed by atoms with Crippen molar-refractivity contribution >= 4 is 22.0 Å². The number of rotatable bonds is 4. The Kier molecular flexibility index (Phi) is 4.20. The molecule has 1 nitrogen and oxygen atoms in total. The first-order valence-electron chi connectivity index (χ1n) is 5.57. The van der Waals surface area contributed by atoms with Crippen molar-refractivity contribution in [2.75, 3.05) is 0 Å². The van der Waals surface area contributed by atoms with Crippen molar-refractivity contribution in [1.29, 1.82) is 0 Å². The van der Waals surface area contributed by atoms with Crippen molar-refractivity contribution in [3.8, 4) is 5.75 Å². The van der Waals surface area contributed by atoms with Gasteiger partial charge < -0.3 is 5.11 Å². The first-order valence-corrected chi connectivity index (χ1v) is 6.37. The molecule has 88 valence electrons. The minimum atomic E-state index is -0.0247. The highest BCUT2D eigenvalue weighted by Gasteiger charge is 2.25. The molecule has 1 aromatic rings. The summed E-state index contributed by atoms with van der Waals surface area (Å²) in [4.78, 5) is 0. The van der Waals surface area contributed by atoms with Gasteiger partial charge >= 0.3 is 0 Å². The fourth-order valence-corrected chi connectivity index (χ4v) is 2.72. The minimum Gasteiger partial charge on any atom is -0.508 e. The second kappa shape index (κ2) is 5.05. The molecule has 0 saturated heterocycles. The van der Waals surface area contributed by atoms with Gasteiger partial charge in [-0.3, -0.25) is 0 Å². The molecule has 0 amide bonds. The quantitative estimate of drug-likeness (QED) is 0.835. The summed E-state index contributed by atoms with van der Waals surface area (Å²) in [6.45, 7) is 10.3. The van der Waals surface area contributed by atoms with Crippen molar-refractivity contribution < 1.29 is 5.11 Å². The van der Waals surface area contributed by atoms with Crippen LogP contribution in [0.15, 0.2) is 23.2 Å². The van der Waals surface area contributed by atoms with E-state index in [9.17, 15) is 5.11 Å². The summed E-state index contributed by atoms with van der Waals surface area (Å²) in [5.41, 5.74) is 1.97. The lowest BCUT2D eigenvalue weighted by molar-refractivity contribution is 0.416. The molecule has 16 heavy (non-hydrogen) atoms. The molecule has 1 rings (SSSR count). The number of benzene rings is 1. The zero-order valence-electron chi connectivity index (χ0n) is 10.2. The molecule has 0 atom stereocenters. The van der Waals surface area contributed by atoms with Crippen LogP contribution in [-0.2, 0) is 5.41 Å². The van der Waals surface area contributed by atoms with Gasteiger partial charge in [0.2, 0.25) is 0 Å². The van der Waals surface area contributed by atoms with E-state index in [4.69, 9.17) is 0 Å². The lowest BCUT2D eigenvalue weighted by Crippen LogP contribution is -2.18. The summed E-state index contributed by atoms with van der Waals surface area (Å²) in [6, 6.07) is 3.75. The highest BCUT2D eigenvalue weighted by molar-refractivity contribution is 9.10. The van der Waals surface area contributed by atoms with E-state index in [1.165, 1.54) is 0 Å². The van der Waals surface area contributed by atoms with E-state index in [-0.39, 0.29) is 5.41 Å². The van der Waals surface area contributed by atoms with Crippen molar-refractivity contribution in [1.82, 2.24) is 0 Å². The maximum absolute atomic E-state index is 10.1. The molecule has 1 N–H and O–H groups in total. The van der Waals surface area contributed by atoms with E-state index in [0.717, 1.165) is 28.4 Å². The Morgan fingerprint density at radius 1 is 1.44 bits per heavy atom. The van der Waals surface area contributed by atoms with Crippen molar-refractivity contribution in [2.45, 2.75) is 39.0 Å². The van der Waals surface area contributed by atoms with Crippen LogP contribution < -0.4 is 0 Å². The zero-order valence-corrected chi connectivity index (χ0v) is 11.8. The van der Waals surface area contributed by atoms with Crippen molar-refractivity contribution in [3.05, 3.63) is 34.3 Å². The molecule has 0 bridgehead atoms. The monoisotopic (exact) mass is 282 g/mol. The lowest BCUT2D eigenvalue weighted by Gasteiger charge is -2.27. The van der Waals surface area contributed by atoms with E-state index in [1.807, 2.05) is 6.07 Å². The predicted octanol–water partition coefficient (Wildman–Crippen LogP) is 4.88. The Balaban J connectivity index is 3.36. The molecule has 2 heteroatoms. The van der Waals surface area contributed by atoms with Crippen LogP contribution in [0.5, 0.6) is 5.75 Å². The summed E-state index contributed by atoms with van der Waals surface area (Å²) in [7, 11) is 0. The third kappa shape index (κ3) is 2.67. The topological polar surface area (TPSA) is 20.2 Å². The number of hydrogen-bond acceptors (Lipinski definition) is 1. The molecule has 0 aliphatic rings. The molecule has 0 fully saturated rings. The molecule has 0 aromatic heterocycles. The van der Waals surface area contributed by atoms with Gasteiger partial charge in [0.15, 0.2) is 0 Å². The average Bonchev–Trinajstić information content (AvgIpc) is 2.15. The molecular weight excluding hydrogens is 264 g/mol. The molecule has 0 aliphatic carbocycles. The van der Waals surface area contributed by atoms with Crippen LogP contribution in [0.3, 0.4) is 0 Å². The van der Waals surface area contributed by atoms with Crippen molar-refractivity contribution in [3.63, 3.8) is 0 Å². The Morgan fingerprint density at radius 3 is 2.56 bits per heavy atom. The van der Waals surface area contributed by atoms with Crippen LogP contribution in [0.2, 0.25) is 0 Å².